The molecule has 2 aromatic heterocycles. The van der Waals surface area contributed by atoms with Crippen molar-refractivity contribution in [2.45, 2.75) is 25.4 Å². The van der Waals surface area contributed by atoms with Crippen LogP contribution in [0.1, 0.15) is 18.9 Å². The third-order valence-corrected chi connectivity index (χ3v) is 2.63. The highest BCUT2D eigenvalue weighted by Crippen LogP contribution is 2.36. The van der Waals surface area contributed by atoms with Crippen LogP contribution in [0.25, 0.3) is 0 Å². The SMILES string of the molecule is O=C(Cn1cccn1)Nc1nncn1C1CC1. The molecule has 88 valence electrons. The minimum absolute atomic E-state index is 0.149. The Balaban J connectivity index is 1.65. The summed E-state index contributed by atoms with van der Waals surface area (Å²) in [4.78, 5) is 11.7. The lowest BCUT2D eigenvalue weighted by Gasteiger charge is -2.06. The van der Waals surface area contributed by atoms with E-state index in [1.54, 1.807) is 29.5 Å². The average Bonchev–Trinajstić information content (AvgIpc) is 2.84. The zero-order valence-electron chi connectivity index (χ0n) is 9.15. The largest absolute Gasteiger partial charge is 0.297 e. The molecule has 1 amide bonds. The third-order valence-electron chi connectivity index (χ3n) is 2.63. The van der Waals surface area contributed by atoms with E-state index in [1.165, 1.54) is 0 Å². The number of rotatable bonds is 4. The van der Waals surface area contributed by atoms with Crippen molar-refractivity contribution in [2.24, 2.45) is 0 Å². The molecule has 2 aromatic rings. The van der Waals surface area contributed by atoms with E-state index in [0.717, 1.165) is 12.8 Å². The molecule has 1 aliphatic rings. The van der Waals surface area contributed by atoms with Gasteiger partial charge in [0.2, 0.25) is 11.9 Å². The van der Waals surface area contributed by atoms with Gasteiger partial charge in [0.05, 0.1) is 0 Å². The van der Waals surface area contributed by atoms with Gasteiger partial charge in [0.1, 0.15) is 12.9 Å². The highest BCUT2D eigenvalue weighted by molar-refractivity contribution is 5.88. The van der Waals surface area contributed by atoms with Crippen molar-refractivity contribution in [3.63, 3.8) is 0 Å². The number of carbonyl (C=O) groups excluding carboxylic acids is 1. The van der Waals surface area contributed by atoms with Crippen LogP contribution in [0, 0.1) is 0 Å². The van der Waals surface area contributed by atoms with E-state index in [0.29, 0.717) is 12.0 Å². The van der Waals surface area contributed by atoms with Gasteiger partial charge >= 0.3 is 0 Å². The fourth-order valence-corrected chi connectivity index (χ4v) is 1.66. The van der Waals surface area contributed by atoms with Gasteiger partial charge in [-0.1, -0.05) is 0 Å². The predicted molar refractivity (Wildman–Crippen MR) is 59.1 cm³/mol. The summed E-state index contributed by atoms with van der Waals surface area (Å²) in [5.74, 6) is 0.369. The summed E-state index contributed by atoms with van der Waals surface area (Å²) in [5.41, 5.74) is 0. The van der Waals surface area contributed by atoms with Gasteiger partial charge in [-0.2, -0.15) is 5.10 Å². The Bertz CT molecular complexity index is 513. The second-order valence-corrected chi connectivity index (χ2v) is 4.04. The van der Waals surface area contributed by atoms with Gasteiger partial charge in [-0.3, -0.25) is 19.4 Å². The van der Waals surface area contributed by atoms with Gasteiger partial charge in [0, 0.05) is 18.4 Å². The first-order chi connectivity index (χ1) is 8.33. The minimum atomic E-state index is -0.149. The summed E-state index contributed by atoms with van der Waals surface area (Å²) in [7, 11) is 0. The number of anilines is 1. The number of carbonyl (C=O) groups is 1. The van der Waals surface area contributed by atoms with Gasteiger partial charge in [-0.05, 0) is 18.9 Å². The second-order valence-electron chi connectivity index (χ2n) is 4.04. The summed E-state index contributed by atoms with van der Waals surface area (Å²) < 4.78 is 3.47. The van der Waals surface area contributed by atoms with Crippen LogP contribution >= 0.6 is 0 Å². The lowest BCUT2D eigenvalue weighted by Crippen LogP contribution is -2.21. The van der Waals surface area contributed by atoms with Crippen molar-refractivity contribution >= 4 is 11.9 Å². The van der Waals surface area contributed by atoms with E-state index >= 15 is 0 Å². The van der Waals surface area contributed by atoms with Gasteiger partial charge < -0.3 is 0 Å². The van der Waals surface area contributed by atoms with Crippen molar-refractivity contribution in [1.29, 1.82) is 0 Å². The molecular formula is C10H12N6O. The van der Waals surface area contributed by atoms with Crippen LogP contribution < -0.4 is 5.32 Å². The molecule has 2 heterocycles. The van der Waals surface area contributed by atoms with Crippen molar-refractivity contribution < 1.29 is 4.79 Å². The molecule has 0 unspecified atom stereocenters. The molecule has 3 rings (SSSR count). The molecule has 0 aliphatic heterocycles. The van der Waals surface area contributed by atoms with Gasteiger partial charge in [0.15, 0.2) is 0 Å². The van der Waals surface area contributed by atoms with Crippen LogP contribution in [-0.2, 0) is 11.3 Å². The quantitative estimate of drug-likeness (QED) is 0.830. The molecule has 1 aliphatic carbocycles. The standard InChI is InChI=1S/C10H12N6O/c17-9(6-15-5-1-4-12-15)13-10-14-11-7-16(10)8-2-3-8/h1,4-5,7-8H,2-3,6H2,(H,13,14,17). The van der Waals surface area contributed by atoms with Crippen LogP contribution in [0.3, 0.4) is 0 Å². The fourth-order valence-electron chi connectivity index (χ4n) is 1.66. The number of nitrogens with one attached hydrogen (secondary N) is 1. The Morgan fingerprint density at radius 1 is 1.53 bits per heavy atom. The maximum atomic E-state index is 11.7. The van der Waals surface area contributed by atoms with E-state index in [4.69, 9.17) is 0 Å². The molecule has 17 heavy (non-hydrogen) atoms. The summed E-state index contributed by atoms with van der Waals surface area (Å²) in [5, 5.41) is 14.4. The van der Waals surface area contributed by atoms with Gasteiger partial charge in [-0.15, -0.1) is 10.2 Å². The van der Waals surface area contributed by atoms with Crippen molar-refractivity contribution in [2.75, 3.05) is 5.32 Å². The van der Waals surface area contributed by atoms with Gasteiger partial charge in [0.25, 0.3) is 0 Å². The fraction of sp³-hybridized carbons (Fsp3) is 0.400. The van der Waals surface area contributed by atoms with E-state index in [1.807, 2.05) is 4.57 Å². The lowest BCUT2D eigenvalue weighted by molar-refractivity contribution is -0.117. The number of hydrogen-bond acceptors (Lipinski definition) is 4. The molecule has 0 saturated heterocycles. The zero-order chi connectivity index (χ0) is 11.7. The topological polar surface area (TPSA) is 77.6 Å². The number of nitrogens with zero attached hydrogens (tertiary/aromatic N) is 5. The lowest BCUT2D eigenvalue weighted by atomic mass is 10.5. The van der Waals surface area contributed by atoms with Crippen LogP contribution in [0.5, 0.6) is 0 Å². The smallest absolute Gasteiger partial charge is 0.248 e. The van der Waals surface area contributed by atoms with Crippen LogP contribution in [-0.4, -0.2) is 30.5 Å². The highest BCUT2D eigenvalue weighted by atomic mass is 16.2. The van der Waals surface area contributed by atoms with E-state index in [-0.39, 0.29) is 12.5 Å². The van der Waals surface area contributed by atoms with Crippen molar-refractivity contribution in [1.82, 2.24) is 24.5 Å². The number of amides is 1. The van der Waals surface area contributed by atoms with Crippen molar-refractivity contribution in [3.8, 4) is 0 Å². The average molecular weight is 232 g/mol. The van der Waals surface area contributed by atoms with Crippen molar-refractivity contribution in [3.05, 3.63) is 24.8 Å². The first kappa shape index (κ1) is 10.0. The summed E-state index contributed by atoms with van der Waals surface area (Å²) in [6.45, 7) is 0.185. The molecule has 0 spiro atoms. The Labute approximate surface area is 97.5 Å². The molecular weight excluding hydrogens is 220 g/mol. The first-order valence-electron chi connectivity index (χ1n) is 5.50. The van der Waals surface area contributed by atoms with E-state index < -0.39 is 0 Å². The molecule has 0 bridgehead atoms. The number of hydrogen-bond donors (Lipinski definition) is 1. The number of aromatic nitrogens is 5. The first-order valence-corrected chi connectivity index (χ1v) is 5.50. The third kappa shape index (κ3) is 2.17. The summed E-state index contributed by atoms with van der Waals surface area (Å²) >= 11 is 0. The molecule has 7 nitrogen and oxygen atoms in total. The monoisotopic (exact) mass is 232 g/mol. The Hall–Kier alpha value is -2.18. The predicted octanol–water partition coefficient (Wildman–Crippen LogP) is 0.448. The van der Waals surface area contributed by atoms with Crippen LogP contribution in [0.15, 0.2) is 24.8 Å². The summed E-state index contributed by atoms with van der Waals surface area (Å²) in [6, 6.07) is 2.23. The molecule has 0 radical (unpaired) electrons. The normalized spacial score (nSPS) is 14.8. The minimum Gasteiger partial charge on any atom is -0.297 e. The molecule has 1 fully saturated rings. The molecule has 1 N–H and O–H groups in total. The van der Waals surface area contributed by atoms with E-state index in [2.05, 4.69) is 20.6 Å². The Kier molecular flexibility index (Phi) is 2.36. The van der Waals surface area contributed by atoms with Gasteiger partial charge in [-0.25, -0.2) is 0 Å². The molecule has 1 saturated carbocycles. The maximum absolute atomic E-state index is 11.7. The van der Waals surface area contributed by atoms with Crippen LogP contribution in [0.4, 0.5) is 5.95 Å². The molecule has 7 heteroatoms. The Morgan fingerprint density at radius 2 is 2.41 bits per heavy atom. The maximum Gasteiger partial charge on any atom is 0.248 e. The van der Waals surface area contributed by atoms with Crippen LogP contribution in [0.2, 0.25) is 0 Å². The summed E-state index contributed by atoms with van der Waals surface area (Å²) in [6.07, 6.45) is 7.28. The zero-order valence-corrected chi connectivity index (χ0v) is 9.15. The molecule has 0 atom stereocenters. The molecule has 0 aromatic carbocycles. The second kappa shape index (κ2) is 4.00. The highest BCUT2D eigenvalue weighted by Gasteiger charge is 2.26. The Morgan fingerprint density at radius 3 is 3.12 bits per heavy atom. The van der Waals surface area contributed by atoms with E-state index in [9.17, 15) is 4.79 Å².